The number of methoxy groups -OCH3 is 3. The Labute approximate surface area is 199 Å². The lowest BCUT2D eigenvalue weighted by Crippen LogP contribution is -2.33. The molecule has 0 aliphatic carbocycles. The van der Waals surface area contributed by atoms with E-state index in [-0.39, 0.29) is 5.91 Å². The van der Waals surface area contributed by atoms with Crippen LogP contribution in [0.1, 0.15) is 30.1 Å². The van der Waals surface area contributed by atoms with Crippen molar-refractivity contribution in [2.75, 3.05) is 44.6 Å². The van der Waals surface area contributed by atoms with Gasteiger partial charge in [0.25, 0.3) is 5.91 Å². The number of carbonyl (C=O) groups excluding carboxylic acids is 1. The van der Waals surface area contributed by atoms with Gasteiger partial charge in [0.15, 0.2) is 17.3 Å². The molecule has 8 heteroatoms. The molecule has 0 saturated carbocycles. The molecule has 1 aliphatic rings. The molecule has 1 aliphatic heterocycles. The predicted octanol–water partition coefficient (Wildman–Crippen LogP) is 4.66. The van der Waals surface area contributed by atoms with Crippen molar-refractivity contribution in [3.63, 3.8) is 0 Å². The van der Waals surface area contributed by atoms with Crippen LogP contribution < -0.4 is 24.4 Å². The average molecular weight is 463 g/mol. The zero-order chi connectivity index (χ0) is 24.1. The average Bonchev–Trinajstić information content (AvgIpc) is 2.88. The Hall–Kier alpha value is -3.81. The summed E-state index contributed by atoms with van der Waals surface area (Å²) in [6.07, 6.45) is 2.36. The van der Waals surface area contributed by atoms with Crippen LogP contribution in [-0.4, -0.2) is 50.5 Å². The summed E-state index contributed by atoms with van der Waals surface area (Å²) >= 11 is 0. The maximum Gasteiger partial charge on any atom is 0.255 e. The summed E-state index contributed by atoms with van der Waals surface area (Å²) < 4.78 is 16.0. The largest absolute Gasteiger partial charge is 0.493 e. The molecule has 1 aromatic heterocycles. The Morgan fingerprint density at radius 3 is 2.24 bits per heavy atom. The van der Waals surface area contributed by atoms with Crippen molar-refractivity contribution in [3.05, 3.63) is 54.1 Å². The maximum atomic E-state index is 12.9. The number of aromatic nitrogens is 2. The lowest BCUT2D eigenvalue weighted by Gasteiger charge is -2.30. The maximum absolute atomic E-state index is 12.9. The van der Waals surface area contributed by atoms with Crippen molar-refractivity contribution in [1.82, 2.24) is 10.2 Å². The fraction of sp³-hybridized carbons (Fsp3) is 0.346. The highest BCUT2D eigenvalue weighted by atomic mass is 16.5. The van der Waals surface area contributed by atoms with Gasteiger partial charge < -0.3 is 24.4 Å². The fourth-order valence-corrected chi connectivity index (χ4v) is 4.06. The van der Waals surface area contributed by atoms with Crippen molar-refractivity contribution >= 4 is 17.4 Å². The molecule has 1 N–H and O–H groups in total. The molecule has 2 heterocycles. The number of nitrogens with one attached hydrogen (secondary N) is 1. The summed E-state index contributed by atoms with van der Waals surface area (Å²) in [4.78, 5) is 15.2. The zero-order valence-electron chi connectivity index (χ0n) is 20.0. The van der Waals surface area contributed by atoms with E-state index in [0.29, 0.717) is 28.5 Å². The van der Waals surface area contributed by atoms with E-state index >= 15 is 0 Å². The van der Waals surface area contributed by atoms with Gasteiger partial charge in [-0.05, 0) is 55.2 Å². The minimum atomic E-state index is -0.294. The Balaban J connectivity index is 1.50. The first-order valence-corrected chi connectivity index (χ1v) is 11.3. The first-order valence-electron chi connectivity index (χ1n) is 11.3. The van der Waals surface area contributed by atoms with Gasteiger partial charge in [0.1, 0.15) is 0 Å². The monoisotopic (exact) mass is 462 g/mol. The number of nitrogens with zero attached hydrogens (tertiary/aromatic N) is 3. The Bertz CT molecular complexity index is 1120. The molecule has 0 unspecified atom stereocenters. The van der Waals surface area contributed by atoms with Gasteiger partial charge in [0.2, 0.25) is 5.75 Å². The van der Waals surface area contributed by atoms with Gasteiger partial charge in [0.05, 0.1) is 27.0 Å². The molecule has 1 amide bonds. The first kappa shape index (κ1) is 23.4. The summed E-state index contributed by atoms with van der Waals surface area (Å²) in [6, 6.07) is 14.7. The third kappa shape index (κ3) is 5.06. The Morgan fingerprint density at radius 2 is 1.65 bits per heavy atom. The van der Waals surface area contributed by atoms with E-state index in [2.05, 4.69) is 27.3 Å². The molecule has 3 aromatic rings. The van der Waals surface area contributed by atoms with E-state index in [1.165, 1.54) is 34.2 Å². The van der Waals surface area contributed by atoms with E-state index in [1.54, 1.807) is 12.1 Å². The highest BCUT2D eigenvalue weighted by molar-refractivity contribution is 6.05. The number of hydrogen-bond donors (Lipinski definition) is 1. The van der Waals surface area contributed by atoms with Crippen molar-refractivity contribution in [1.29, 1.82) is 0 Å². The number of ether oxygens (including phenoxy) is 3. The number of hydrogen-bond acceptors (Lipinski definition) is 7. The van der Waals surface area contributed by atoms with Gasteiger partial charge in [-0.3, -0.25) is 4.79 Å². The predicted molar refractivity (Wildman–Crippen MR) is 132 cm³/mol. The molecule has 1 saturated heterocycles. The molecule has 4 rings (SSSR count). The molecule has 8 nitrogen and oxygen atoms in total. The van der Waals surface area contributed by atoms with E-state index in [1.807, 2.05) is 36.4 Å². The Morgan fingerprint density at radius 1 is 0.941 bits per heavy atom. The highest BCUT2D eigenvalue weighted by Crippen LogP contribution is 2.38. The normalized spacial score (nSPS) is 13.9. The molecule has 34 heavy (non-hydrogen) atoms. The van der Waals surface area contributed by atoms with Crippen molar-refractivity contribution in [2.45, 2.75) is 19.8 Å². The molecular weight excluding hydrogens is 432 g/mol. The van der Waals surface area contributed by atoms with Crippen LogP contribution in [0.25, 0.3) is 11.3 Å². The van der Waals surface area contributed by atoms with Crippen LogP contribution in [0.2, 0.25) is 0 Å². The van der Waals surface area contributed by atoms with E-state index in [0.717, 1.165) is 36.1 Å². The quantitative estimate of drug-likeness (QED) is 0.547. The second-order valence-corrected chi connectivity index (χ2v) is 8.40. The minimum Gasteiger partial charge on any atom is -0.493 e. The summed E-state index contributed by atoms with van der Waals surface area (Å²) in [6.45, 7) is 4.31. The first-order chi connectivity index (χ1) is 16.5. The molecule has 1 fully saturated rings. The lowest BCUT2D eigenvalue weighted by atomic mass is 9.99. The van der Waals surface area contributed by atoms with Gasteiger partial charge >= 0.3 is 0 Å². The SMILES string of the molecule is COc1cc(C(=O)Nc2cccc(-c3ccc(N4CCC(C)CC4)nn3)c2)cc(OC)c1OC. The van der Waals surface area contributed by atoms with Crippen LogP contribution >= 0.6 is 0 Å². The third-order valence-electron chi connectivity index (χ3n) is 6.10. The summed E-state index contributed by atoms with van der Waals surface area (Å²) in [5.74, 6) is 2.64. The molecule has 2 aromatic carbocycles. The zero-order valence-corrected chi connectivity index (χ0v) is 20.0. The van der Waals surface area contributed by atoms with Gasteiger partial charge in [0, 0.05) is 29.9 Å². The van der Waals surface area contributed by atoms with E-state index in [4.69, 9.17) is 14.2 Å². The number of benzene rings is 2. The third-order valence-corrected chi connectivity index (χ3v) is 6.10. The summed E-state index contributed by atoms with van der Waals surface area (Å²) in [5, 5.41) is 11.8. The van der Waals surface area contributed by atoms with Crippen LogP contribution in [-0.2, 0) is 0 Å². The highest BCUT2D eigenvalue weighted by Gasteiger charge is 2.19. The number of rotatable bonds is 7. The smallest absolute Gasteiger partial charge is 0.255 e. The van der Waals surface area contributed by atoms with Crippen LogP contribution in [0.3, 0.4) is 0 Å². The number of carbonyl (C=O) groups is 1. The van der Waals surface area contributed by atoms with Crippen LogP contribution in [0.5, 0.6) is 17.2 Å². The molecule has 0 atom stereocenters. The second kappa shape index (κ2) is 10.4. The number of piperidine rings is 1. The number of amides is 1. The van der Waals surface area contributed by atoms with Gasteiger partial charge in [-0.25, -0.2) is 0 Å². The molecule has 0 radical (unpaired) electrons. The van der Waals surface area contributed by atoms with Gasteiger partial charge in [-0.15, -0.1) is 10.2 Å². The van der Waals surface area contributed by atoms with Crippen molar-refractivity contribution in [3.8, 4) is 28.5 Å². The van der Waals surface area contributed by atoms with E-state index < -0.39 is 0 Å². The minimum absolute atomic E-state index is 0.294. The van der Waals surface area contributed by atoms with Crippen LogP contribution in [0.4, 0.5) is 11.5 Å². The fourth-order valence-electron chi connectivity index (χ4n) is 4.06. The van der Waals surface area contributed by atoms with Crippen LogP contribution in [0, 0.1) is 5.92 Å². The van der Waals surface area contributed by atoms with Crippen LogP contribution in [0.15, 0.2) is 48.5 Å². The number of anilines is 2. The van der Waals surface area contributed by atoms with Crippen molar-refractivity contribution < 1.29 is 19.0 Å². The standard InChI is InChI=1S/C26H30N4O4/c1-17-10-12-30(13-11-17)24-9-8-21(28-29-24)18-6-5-7-20(14-18)27-26(31)19-15-22(32-2)25(34-4)23(16-19)33-3/h5-9,14-17H,10-13H2,1-4H3,(H,27,31). The summed E-state index contributed by atoms with van der Waals surface area (Å²) in [7, 11) is 4.55. The molecular formula is C26H30N4O4. The summed E-state index contributed by atoms with van der Waals surface area (Å²) in [5.41, 5.74) is 2.65. The van der Waals surface area contributed by atoms with E-state index in [9.17, 15) is 4.79 Å². The second-order valence-electron chi connectivity index (χ2n) is 8.40. The molecule has 178 valence electrons. The van der Waals surface area contributed by atoms with Gasteiger partial charge in [-0.1, -0.05) is 19.1 Å². The lowest BCUT2D eigenvalue weighted by molar-refractivity contribution is 0.102. The van der Waals surface area contributed by atoms with Gasteiger partial charge in [-0.2, -0.15) is 0 Å². The Kier molecular flexibility index (Phi) is 7.15. The molecule has 0 spiro atoms. The molecule has 0 bridgehead atoms. The topological polar surface area (TPSA) is 85.8 Å². The van der Waals surface area contributed by atoms with Crippen molar-refractivity contribution in [2.24, 2.45) is 5.92 Å².